The standard InChI is InChI=1S/C60H97FN12O23Si/c1-59(2,3)97(61,60(4,5)6)38-14-12-37(13-15-38)52(86)64-32-43(66-47(77)33-70-24-26-71(34-49(80)81)28-30-73(36-51(84)85)31-29-72(27-25-70)35-50(82)83)53(87)67-40(55(90)91)10-7-8-22-62-44(74)19-20-45(75)63-23-9-11-39(54(88)89)65-46(76)18-16-41(56(92)93)68-58(96)69-42(57(94)95)17-21-48(78)79/h12-15,39-43,48,78-79H,7-11,16-36H2,1-6H3,(H,62,74)(H,63,75)(H,64,86)(H,65,76)(H,66,77)(H,67,87)(H,80,81)(H,82,83)(H,84,85)(H,88,89)(H,90,91)(H,92,93)(H,94,95)(H2,68,69,96)/t39-,40-,41+,42+,43-/m1/s1. The third kappa shape index (κ3) is 32.4. The molecule has 1 aliphatic rings. The van der Waals surface area contributed by atoms with Crippen LogP contribution in [-0.2, 0) is 57.5 Å². The van der Waals surface area contributed by atoms with E-state index in [-0.39, 0.29) is 123 Å². The Balaban J connectivity index is 2.10. The quantitative estimate of drug-likeness (QED) is 0.0137. The van der Waals surface area contributed by atoms with Crippen LogP contribution >= 0.6 is 0 Å². The maximum atomic E-state index is 17.1. The van der Waals surface area contributed by atoms with Gasteiger partial charge in [0.1, 0.15) is 30.2 Å². The van der Waals surface area contributed by atoms with Crippen molar-refractivity contribution in [3.63, 3.8) is 0 Å². The van der Waals surface area contributed by atoms with Gasteiger partial charge < -0.3 is 92.6 Å². The number of carbonyl (C=O) groups excluding carboxylic acids is 7. The zero-order valence-electron chi connectivity index (χ0n) is 55.6. The van der Waals surface area contributed by atoms with E-state index >= 15 is 4.11 Å². The molecule has 0 aromatic heterocycles. The number of aliphatic carboxylic acids is 7. The Kier molecular flexibility index (Phi) is 36.3. The van der Waals surface area contributed by atoms with E-state index in [1.807, 2.05) is 52.2 Å². The minimum Gasteiger partial charge on any atom is -0.480 e. The number of benzene rings is 1. The summed E-state index contributed by atoms with van der Waals surface area (Å²) in [5.74, 6) is -14.2. The summed E-state index contributed by atoms with van der Waals surface area (Å²) in [5, 5.41) is 103. The summed E-state index contributed by atoms with van der Waals surface area (Å²) in [6.07, 6.45) is -4.55. The van der Waals surface area contributed by atoms with Crippen molar-refractivity contribution < 1.29 is 117 Å². The summed E-state index contributed by atoms with van der Waals surface area (Å²) >= 11 is 0. The van der Waals surface area contributed by atoms with Gasteiger partial charge in [-0.1, -0.05) is 53.7 Å². The molecule has 2 rings (SSSR count). The van der Waals surface area contributed by atoms with Crippen molar-refractivity contribution in [3.05, 3.63) is 29.8 Å². The van der Waals surface area contributed by atoms with Gasteiger partial charge in [-0.2, -0.15) is 0 Å². The molecule has 0 aliphatic carbocycles. The van der Waals surface area contributed by atoms with Gasteiger partial charge in [0.2, 0.25) is 29.5 Å². The van der Waals surface area contributed by atoms with E-state index in [0.29, 0.717) is 5.19 Å². The van der Waals surface area contributed by atoms with Crippen LogP contribution in [-0.4, -0.2) is 292 Å². The average molecular weight is 1400 g/mol. The second-order valence-corrected chi connectivity index (χ2v) is 30.4. The Morgan fingerprint density at radius 1 is 0.433 bits per heavy atom. The minimum atomic E-state index is -3.74. The second-order valence-electron chi connectivity index (χ2n) is 25.5. The number of carbonyl (C=O) groups is 14. The number of nitrogens with zero attached hydrogens (tertiary/aromatic N) is 4. The molecule has 0 radical (unpaired) electrons. The lowest BCUT2D eigenvalue weighted by molar-refractivity contribution is -0.142. The SMILES string of the molecule is CC(C)(C)[Si](F)(c1ccc(C(=O)NC[C@@H](NC(=O)CN2CCN(CC(=O)O)CCN(CC(=O)O)CCN(CC(=O)O)CC2)C(=O)N[C@H](CCCCNC(=O)CCC(=O)NCCC[C@@H](NC(=O)CC[C@H](NC(=O)N[C@@H](CCC(O)O)C(=O)O)C(=O)O)C(=O)O)C(=O)O)cc1)C(C)(C)C. The van der Waals surface area contributed by atoms with Crippen LogP contribution in [0.5, 0.6) is 0 Å². The second kappa shape index (κ2) is 41.6. The van der Waals surface area contributed by atoms with Crippen LogP contribution in [0.2, 0.25) is 10.1 Å². The molecule has 37 heteroatoms. The van der Waals surface area contributed by atoms with Crippen LogP contribution in [0.3, 0.4) is 0 Å². The van der Waals surface area contributed by atoms with Gasteiger partial charge >= 0.3 is 47.8 Å². The predicted octanol–water partition coefficient (Wildman–Crippen LogP) is -2.72. The number of unbranched alkanes of at least 4 members (excludes halogenated alkanes) is 1. The monoisotopic (exact) mass is 1400 g/mol. The summed E-state index contributed by atoms with van der Waals surface area (Å²) in [6, 6.07) is -3.32. The van der Waals surface area contributed by atoms with E-state index in [4.69, 9.17) is 10.2 Å². The molecule has 0 bridgehead atoms. The van der Waals surface area contributed by atoms with E-state index in [1.165, 1.54) is 21.9 Å². The van der Waals surface area contributed by atoms with Gasteiger partial charge in [0.05, 0.1) is 26.2 Å². The summed E-state index contributed by atoms with van der Waals surface area (Å²) < 4.78 is 17.1. The van der Waals surface area contributed by atoms with Gasteiger partial charge in [0.25, 0.3) is 14.3 Å². The highest BCUT2D eigenvalue weighted by Gasteiger charge is 2.56. The number of halogens is 1. The van der Waals surface area contributed by atoms with Crippen molar-refractivity contribution in [2.75, 3.05) is 98.2 Å². The molecule has 35 nitrogen and oxygen atoms in total. The Morgan fingerprint density at radius 2 is 0.814 bits per heavy atom. The maximum Gasteiger partial charge on any atom is 0.326 e. The molecule has 0 unspecified atom stereocenters. The molecule has 1 aromatic rings. The van der Waals surface area contributed by atoms with E-state index in [9.17, 15) is 103 Å². The van der Waals surface area contributed by atoms with Gasteiger partial charge in [-0.25, -0.2) is 24.0 Å². The predicted molar refractivity (Wildman–Crippen MR) is 344 cm³/mol. The molecule has 8 amide bonds. The van der Waals surface area contributed by atoms with E-state index < -0.39 is 190 Å². The Labute approximate surface area is 561 Å². The van der Waals surface area contributed by atoms with Crippen molar-refractivity contribution >= 4 is 96.9 Å². The summed E-state index contributed by atoms with van der Waals surface area (Å²) in [6.45, 7) is 9.09. The van der Waals surface area contributed by atoms with Gasteiger partial charge in [-0.05, 0) is 72.3 Å². The lowest BCUT2D eigenvalue weighted by atomic mass is 10.1. The number of nitrogens with one attached hydrogen (secondary N) is 8. The number of aliphatic hydroxyl groups excluding tert-OH is 1. The number of carboxylic acids is 7. The fourth-order valence-corrected chi connectivity index (χ4v) is 15.3. The van der Waals surface area contributed by atoms with Gasteiger partial charge in [-0.15, -0.1) is 0 Å². The third-order valence-corrected chi connectivity index (χ3v) is 21.0. The minimum absolute atomic E-state index is 0.00598. The Morgan fingerprint density at radius 3 is 1.23 bits per heavy atom. The summed E-state index contributed by atoms with van der Waals surface area (Å²) in [4.78, 5) is 181. The molecule has 97 heavy (non-hydrogen) atoms. The number of rotatable bonds is 40. The third-order valence-electron chi connectivity index (χ3n) is 15.7. The van der Waals surface area contributed by atoms with Crippen LogP contribution in [0.25, 0.3) is 0 Å². The number of hydrogen-bond acceptors (Lipinski definition) is 20. The normalized spacial score (nSPS) is 15.6. The van der Waals surface area contributed by atoms with Crippen molar-refractivity contribution in [2.45, 2.75) is 159 Å². The molecular formula is C60H97FN12O23Si. The van der Waals surface area contributed by atoms with Gasteiger partial charge in [0, 0.05) is 103 Å². The first-order chi connectivity index (χ1) is 45.2. The van der Waals surface area contributed by atoms with Crippen LogP contribution in [0.4, 0.5) is 8.90 Å². The molecule has 546 valence electrons. The molecule has 1 fully saturated rings. The topological polar surface area (TPSA) is 530 Å². The van der Waals surface area contributed by atoms with Crippen molar-refractivity contribution in [1.29, 1.82) is 0 Å². The molecule has 17 N–H and O–H groups in total. The van der Waals surface area contributed by atoms with Crippen molar-refractivity contribution in [1.82, 2.24) is 62.1 Å². The summed E-state index contributed by atoms with van der Waals surface area (Å²) in [7, 11) is -3.74. The highest BCUT2D eigenvalue weighted by Crippen LogP contribution is 2.51. The zero-order valence-corrected chi connectivity index (χ0v) is 56.6. The molecule has 1 heterocycles. The number of carboxylic acid groups (broad SMARTS) is 7. The highest BCUT2D eigenvalue weighted by atomic mass is 28.4. The lowest BCUT2D eigenvalue weighted by Crippen LogP contribution is -2.58. The van der Waals surface area contributed by atoms with Crippen LogP contribution in [0.1, 0.15) is 123 Å². The first-order valence-electron chi connectivity index (χ1n) is 31.6. The van der Waals surface area contributed by atoms with E-state index in [0.717, 1.165) is 0 Å². The molecule has 5 atom stereocenters. The van der Waals surface area contributed by atoms with Gasteiger partial charge in [0.15, 0.2) is 6.29 Å². The Hall–Kier alpha value is -8.49. The fourth-order valence-electron chi connectivity index (χ4n) is 10.7. The lowest BCUT2D eigenvalue weighted by Gasteiger charge is -2.44. The first kappa shape index (κ1) is 84.6. The van der Waals surface area contributed by atoms with Crippen molar-refractivity contribution in [3.8, 4) is 0 Å². The van der Waals surface area contributed by atoms with E-state index in [1.54, 1.807) is 21.9 Å². The average Bonchev–Trinajstić information content (AvgIpc) is 0.749. The molecule has 1 aromatic carbocycles. The highest BCUT2D eigenvalue weighted by molar-refractivity contribution is 6.90. The largest absolute Gasteiger partial charge is 0.480 e. The maximum absolute atomic E-state index is 17.1. The number of amides is 8. The molecule has 1 aliphatic heterocycles. The van der Waals surface area contributed by atoms with Gasteiger partial charge in [-0.3, -0.25) is 62.8 Å². The molecular weight excluding hydrogens is 1300 g/mol. The number of hydrogen-bond donors (Lipinski definition) is 17. The molecule has 0 saturated carbocycles. The number of aliphatic hydroxyl groups is 2. The van der Waals surface area contributed by atoms with E-state index in [2.05, 4.69) is 31.9 Å². The zero-order chi connectivity index (χ0) is 73.4. The molecule has 0 spiro atoms. The smallest absolute Gasteiger partial charge is 0.326 e. The number of urea groups is 1. The van der Waals surface area contributed by atoms with Crippen LogP contribution in [0, 0.1) is 0 Å². The molecule has 1 saturated heterocycles. The Bertz CT molecular complexity index is 2820. The summed E-state index contributed by atoms with van der Waals surface area (Å²) in [5.41, 5.74) is 0.0766. The fraction of sp³-hybridized carbons (Fsp3) is 0.667. The van der Waals surface area contributed by atoms with Crippen molar-refractivity contribution in [2.24, 2.45) is 0 Å². The first-order valence-corrected chi connectivity index (χ1v) is 33.5. The van der Waals surface area contributed by atoms with Crippen LogP contribution < -0.4 is 47.7 Å². The van der Waals surface area contributed by atoms with Crippen LogP contribution in [0.15, 0.2) is 24.3 Å².